The Morgan fingerprint density at radius 1 is 1.16 bits per heavy atom. The van der Waals surface area contributed by atoms with E-state index in [1.807, 2.05) is 51.1 Å². The summed E-state index contributed by atoms with van der Waals surface area (Å²) in [5.41, 5.74) is 3.67. The van der Waals surface area contributed by atoms with Crippen molar-refractivity contribution in [2.24, 2.45) is 0 Å². The van der Waals surface area contributed by atoms with E-state index in [0.717, 1.165) is 22.4 Å². The van der Waals surface area contributed by atoms with E-state index in [1.165, 1.54) is 0 Å². The van der Waals surface area contributed by atoms with Crippen LogP contribution < -0.4 is 10.6 Å². The van der Waals surface area contributed by atoms with Crippen molar-refractivity contribution in [2.75, 3.05) is 5.32 Å². The van der Waals surface area contributed by atoms with Gasteiger partial charge in [0.1, 0.15) is 5.82 Å². The number of amides is 2. The second kappa shape index (κ2) is 7.12. The van der Waals surface area contributed by atoms with Gasteiger partial charge in [0, 0.05) is 23.6 Å². The van der Waals surface area contributed by atoms with Gasteiger partial charge in [-0.2, -0.15) is 5.10 Å². The highest BCUT2D eigenvalue weighted by Gasteiger charge is 2.15. The van der Waals surface area contributed by atoms with Crippen molar-refractivity contribution in [3.05, 3.63) is 59.7 Å². The molecule has 2 heterocycles. The van der Waals surface area contributed by atoms with Gasteiger partial charge in [-0.1, -0.05) is 18.2 Å². The predicted molar refractivity (Wildman–Crippen MR) is 96.1 cm³/mol. The number of anilines is 1. The molecule has 0 saturated carbocycles. The first-order valence-corrected chi connectivity index (χ1v) is 8.01. The minimum absolute atomic E-state index is 0.288. The Hall–Kier alpha value is -3.22. The van der Waals surface area contributed by atoms with Crippen LogP contribution in [0.25, 0.3) is 11.4 Å². The highest BCUT2D eigenvalue weighted by atomic mass is 16.2. The molecule has 0 aliphatic rings. The van der Waals surface area contributed by atoms with Crippen molar-refractivity contribution >= 4 is 11.7 Å². The van der Waals surface area contributed by atoms with Crippen molar-refractivity contribution in [1.82, 2.24) is 25.5 Å². The largest absolute Gasteiger partial charge is 0.328 e. The molecule has 1 atom stereocenters. The predicted octanol–water partition coefficient (Wildman–Crippen LogP) is 3.37. The summed E-state index contributed by atoms with van der Waals surface area (Å²) < 4.78 is 0. The molecule has 0 fully saturated rings. The Bertz CT molecular complexity index is 854. The van der Waals surface area contributed by atoms with Gasteiger partial charge < -0.3 is 10.6 Å². The Morgan fingerprint density at radius 3 is 2.60 bits per heavy atom. The van der Waals surface area contributed by atoms with Crippen molar-refractivity contribution in [3.8, 4) is 11.4 Å². The summed E-state index contributed by atoms with van der Waals surface area (Å²) in [4.78, 5) is 20.8. The lowest BCUT2D eigenvalue weighted by atomic mass is 10.1. The molecule has 7 nitrogen and oxygen atoms in total. The first-order chi connectivity index (χ1) is 12.0. The highest BCUT2D eigenvalue weighted by molar-refractivity contribution is 5.91. The van der Waals surface area contributed by atoms with E-state index in [9.17, 15) is 4.79 Å². The third-order valence-electron chi connectivity index (χ3n) is 3.90. The number of para-hydroxylation sites is 1. The number of aryl methyl sites for hydroxylation is 2. The molecule has 0 aliphatic heterocycles. The molecule has 3 N–H and O–H groups in total. The minimum Gasteiger partial charge on any atom is -0.328 e. The molecular weight excluding hydrogens is 316 g/mol. The topological polar surface area (TPSA) is 95.6 Å². The Balaban J connectivity index is 1.67. The summed E-state index contributed by atoms with van der Waals surface area (Å²) in [6, 6.07) is 8.99. The molecule has 2 aromatic heterocycles. The smallest absolute Gasteiger partial charge is 0.319 e. The van der Waals surface area contributed by atoms with Gasteiger partial charge in [0.15, 0.2) is 5.82 Å². The molecule has 128 valence electrons. The standard InChI is InChI=1S/C18H20N6O/c1-11-6-4-7-12(2)15(11)21-18(25)20-13(3)16-22-17(24-23-16)14-8-5-9-19-10-14/h4-10,13H,1-3H3,(H2,20,21,25)(H,22,23,24)/t13-/m0/s1. The number of hydrogen-bond donors (Lipinski definition) is 3. The Labute approximate surface area is 145 Å². The van der Waals surface area contributed by atoms with E-state index in [4.69, 9.17) is 0 Å². The lowest BCUT2D eigenvalue weighted by molar-refractivity contribution is 0.249. The lowest BCUT2D eigenvalue weighted by Crippen LogP contribution is -2.32. The van der Waals surface area contributed by atoms with Crippen LogP contribution in [-0.2, 0) is 0 Å². The maximum atomic E-state index is 12.3. The Kier molecular flexibility index (Phi) is 4.74. The molecule has 0 spiro atoms. The average molecular weight is 336 g/mol. The second-order valence-corrected chi connectivity index (χ2v) is 5.87. The number of carbonyl (C=O) groups excluding carboxylic acids is 1. The number of nitrogens with zero attached hydrogens (tertiary/aromatic N) is 3. The Morgan fingerprint density at radius 2 is 1.92 bits per heavy atom. The summed E-state index contributed by atoms with van der Waals surface area (Å²) in [7, 11) is 0. The fourth-order valence-electron chi connectivity index (χ4n) is 2.52. The number of nitrogens with one attached hydrogen (secondary N) is 3. The fourth-order valence-corrected chi connectivity index (χ4v) is 2.52. The number of urea groups is 1. The third kappa shape index (κ3) is 3.82. The normalized spacial score (nSPS) is 11.8. The van der Waals surface area contributed by atoms with E-state index in [-0.39, 0.29) is 12.1 Å². The SMILES string of the molecule is Cc1cccc(C)c1NC(=O)N[C@@H](C)c1nc(-c2cccnc2)n[nH]1. The van der Waals surface area contributed by atoms with E-state index < -0.39 is 0 Å². The number of hydrogen-bond acceptors (Lipinski definition) is 4. The van der Waals surface area contributed by atoms with E-state index in [0.29, 0.717) is 11.6 Å². The van der Waals surface area contributed by atoms with E-state index >= 15 is 0 Å². The van der Waals surface area contributed by atoms with Gasteiger partial charge in [0.2, 0.25) is 0 Å². The first-order valence-electron chi connectivity index (χ1n) is 8.01. The second-order valence-electron chi connectivity index (χ2n) is 5.87. The summed E-state index contributed by atoms with van der Waals surface area (Å²) in [5.74, 6) is 1.13. The van der Waals surface area contributed by atoms with Crippen LogP contribution in [-0.4, -0.2) is 26.2 Å². The molecule has 0 radical (unpaired) electrons. The first kappa shape index (κ1) is 16.6. The van der Waals surface area contributed by atoms with Crippen LogP contribution >= 0.6 is 0 Å². The number of carbonyl (C=O) groups is 1. The molecule has 0 saturated heterocycles. The molecule has 25 heavy (non-hydrogen) atoms. The molecule has 0 unspecified atom stereocenters. The molecule has 2 amide bonds. The number of benzene rings is 1. The van der Waals surface area contributed by atoms with Gasteiger partial charge in [-0.25, -0.2) is 9.78 Å². The monoisotopic (exact) mass is 336 g/mol. The lowest BCUT2D eigenvalue weighted by Gasteiger charge is -2.15. The maximum Gasteiger partial charge on any atom is 0.319 e. The van der Waals surface area contributed by atoms with Crippen molar-refractivity contribution < 1.29 is 4.79 Å². The van der Waals surface area contributed by atoms with Crippen LogP contribution in [0.15, 0.2) is 42.7 Å². The zero-order valence-corrected chi connectivity index (χ0v) is 14.4. The fraction of sp³-hybridized carbons (Fsp3) is 0.222. The van der Waals surface area contributed by atoms with Gasteiger partial charge in [0.05, 0.1) is 6.04 Å². The van der Waals surface area contributed by atoms with Gasteiger partial charge in [-0.05, 0) is 44.0 Å². The number of rotatable bonds is 4. The van der Waals surface area contributed by atoms with E-state index in [2.05, 4.69) is 30.8 Å². The highest BCUT2D eigenvalue weighted by Crippen LogP contribution is 2.20. The van der Waals surface area contributed by atoms with Gasteiger partial charge in [-0.3, -0.25) is 10.1 Å². The maximum absolute atomic E-state index is 12.3. The van der Waals surface area contributed by atoms with E-state index in [1.54, 1.807) is 12.4 Å². The zero-order chi connectivity index (χ0) is 17.8. The van der Waals surface area contributed by atoms with Crippen LogP contribution in [0.4, 0.5) is 10.5 Å². The number of aromatic nitrogens is 4. The van der Waals surface area contributed by atoms with Gasteiger partial charge >= 0.3 is 6.03 Å². The molecule has 0 aliphatic carbocycles. The quantitative estimate of drug-likeness (QED) is 0.680. The minimum atomic E-state index is -0.317. The van der Waals surface area contributed by atoms with Crippen molar-refractivity contribution in [2.45, 2.75) is 26.8 Å². The average Bonchev–Trinajstić information content (AvgIpc) is 3.09. The van der Waals surface area contributed by atoms with Crippen molar-refractivity contribution in [3.63, 3.8) is 0 Å². The summed E-state index contributed by atoms with van der Waals surface area (Å²) in [5, 5.41) is 12.8. The number of H-pyrrole nitrogens is 1. The van der Waals surface area contributed by atoms with Crippen LogP contribution in [0.1, 0.15) is 29.9 Å². The summed E-state index contributed by atoms with van der Waals surface area (Å²) in [6.07, 6.45) is 3.39. The van der Waals surface area contributed by atoms with Crippen LogP contribution in [0.2, 0.25) is 0 Å². The van der Waals surface area contributed by atoms with Gasteiger partial charge in [0.25, 0.3) is 0 Å². The molecular formula is C18H20N6O. The molecule has 7 heteroatoms. The molecule has 1 aromatic carbocycles. The summed E-state index contributed by atoms with van der Waals surface area (Å²) in [6.45, 7) is 5.77. The molecule has 0 bridgehead atoms. The summed E-state index contributed by atoms with van der Waals surface area (Å²) >= 11 is 0. The molecule has 3 aromatic rings. The zero-order valence-electron chi connectivity index (χ0n) is 14.4. The van der Waals surface area contributed by atoms with Crippen molar-refractivity contribution in [1.29, 1.82) is 0 Å². The van der Waals surface area contributed by atoms with Gasteiger partial charge in [-0.15, -0.1) is 0 Å². The molecule has 3 rings (SSSR count). The van der Waals surface area contributed by atoms with Crippen LogP contribution in [0.3, 0.4) is 0 Å². The third-order valence-corrected chi connectivity index (χ3v) is 3.90. The number of pyridine rings is 1. The van der Waals surface area contributed by atoms with Crippen LogP contribution in [0, 0.1) is 13.8 Å². The number of aromatic amines is 1. The van der Waals surface area contributed by atoms with Crippen LogP contribution in [0.5, 0.6) is 0 Å².